The molecule has 4 heteroatoms. The highest BCUT2D eigenvalue weighted by Gasteiger charge is 2.14. The molecule has 0 aliphatic heterocycles. The Hall–Kier alpha value is -0.640. The van der Waals surface area contributed by atoms with Crippen LogP contribution in [0.5, 0.6) is 0 Å². The molecule has 0 heterocycles. The van der Waals surface area contributed by atoms with Gasteiger partial charge in [0.15, 0.2) is 0 Å². The number of benzene rings is 1. The van der Waals surface area contributed by atoms with Crippen LogP contribution in [0.1, 0.15) is 18.0 Å². The van der Waals surface area contributed by atoms with Gasteiger partial charge in [0.2, 0.25) is 0 Å². The van der Waals surface area contributed by atoms with Crippen LogP contribution in [-0.4, -0.2) is 32.6 Å². The monoisotopic (exact) mass is 244 g/mol. The van der Waals surface area contributed by atoms with Crippen molar-refractivity contribution in [3.05, 3.63) is 34.6 Å². The van der Waals surface area contributed by atoms with E-state index in [-0.39, 0.29) is 11.9 Å². The maximum Gasteiger partial charge on any atom is 0.129 e. The van der Waals surface area contributed by atoms with Gasteiger partial charge in [-0.25, -0.2) is 4.39 Å². The van der Waals surface area contributed by atoms with Gasteiger partial charge in [-0.15, -0.1) is 0 Å². The van der Waals surface area contributed by atoms with Crippen LogP contribution in [0.2, 0.25) is 5.02 Å². The number of halogens is 2. The molecular weight excluding hydrogens is 227 g/mol. The molecule has 1 N–H and O–H groups in total. The summed E-state index contributed by atoms with van der Waals surface area (Å²) in [6.45, 7) is 0.910. The molecular formula is C12H18ClFN2. The first kappa shape index (κ1) is 13.4. The second kappa shape index (κ2) is 6.18. The molecule has 90 valence electrons. The summed E-state index contributed by atoms with van der Waals surface area (Å²) in [4.78, 5) is 2.08. The van der Waals surface area contributed by atoms with E-state index >= 15 is 0 Å². The fourth-order valence-corrected chi connectivity index (χ4v) is 1.79. The van der Waals surface area contributed by atoms with Gasteiger partial charge in [-0.1, -0.05) is 17.7 Å². The van der Waals surface area contributed by atoms with Crippen molar-refractivity contribution >= 4 is 11.6 Å². The van der Waals surface area contributed by atoms with Crippen LogP contribution in [0, 0.1) is 5.82 Å². The summed E-state index contributed by atoms with van der Waals surface area (Å²) in [5.74, 6) is -0.245. The van der Waals surface area contributed by atoms with Gasteiger partial charge in [-0.3, -0.25) is 0 Å². The summed E-state index contributed by atoms with van der Waals surface area (Å²) < 4.78 is 13.7. The summed E-state index contributed by atoms with van der Waals surface area (Å²) in [6, 6.07) is 4.85. The molecule has 0 spiro atoms. The molecule has 0 fully saturated rings. The second-order valence-corrected chi connectivity index (χ2v) is 4.54. The first-order chi connectivity index (χ1) is 7.54. The smallest absolute Gasteiger partial charge is 0.129 e. The summed E-state index contributed by atoms with van der Waals surface area (Å²) in [5, 5.41) is 3.56. The van der Waals surface area contributed by atoms with Crippen molar-refractivity contribution in [2.24, 2.45) is 0 Å². The average molecular weight is 245 g/mol. The Kier molecular flexibility index (Phi) is 5.19. The summed E-state index contributed by atoms with van der Waals surface area (Å²) in [5.41, 5.74) is 0.675. The number of hydrogen-bond acceptors (Lipinski definition) is 2. The molecule has 1 aromatic carbocycles. The van der Waals surface area contributed by atoms with Gasteiger partial charge in [-0.2, -0.15) is 0 Å². The highest BCUT2D eigenvalue weighted by Crippen LogP contribution is 2.22. The highest BCUT2D eigenvalue weighted by molar-refractivity contribution is 6.30. The number of nitrogens with zero attached hydrogens (tertiary/aromatic N) is 1. The zero-order valence-electron chi connectivity index (χ0n) is 9.93. The molecule has 0 saturated carbocycles. The molecule has 1 unspecified atom stereocenters. The molecule has 0 aliphatic rings. The van der Waals surface area contributed by atoms with Gasteiger partial charge < -0.3 is 10.2 Å². The fourth-order valence-electron chi connectivity index (χ4n) is 1.63. The summed E-state index contributed by atoms with van der Waals surface area (Å²) >= 11 is 5.72. The lowest BCUT2D eigenvalue weighted by Gasteiger charge is -2.19. The van der Waals surface area contributed by atoms with E-state index in [0.717, 1.165) is 13.0 Å². The summed E-state index contributed by atoms with van der Waals surface area (Å²) in [7, 11) is 5.85. The third kappa shape index (κ3) is 3.74. The van der Waals surface area contributed by atoms with Crippen molar-refractivity contribution in [1.82, 2.24) is 10.2 Å². The van der Waals surface area contributed by atoms with Crippen LogP contribution in [0.15, 0.2) is 18.2 Å². The Morgan fingerprint density at radius 3 is 2.62 bits per heavy atom. The van der Waals surface area contributed by atoms with Crippen LogP contribution < -0.4 is 5.32 Å². The van der Waals surface area contributed by atoms with Crippen molar-refractivity contribution in [3.63, 3.8) is 0 Å². The van der Waals surface area contributed by atoms with Gasteiger partial charge in [0.05, 0.1) is 0 Å². The third-order valence-electron chi connectivity index (χ3n) is 2.55. The molecule has 0 saturated heterocycles. The molecule has 1 rings (SSSR count). The normalized spacial score (nSPS) is 13.1. The van der Waals surface area contributed by atoms with Crippen molar-refractivity contribution < 1.29 is 4.39 Å². The maximum absolute atomic E-state index is 13.7. The van der Waals surface area contributed by atoms with Gasteiger partial charge >= 0.3 is 0 Å². The molecule has 0 amide bonds. The topological polar surface area (TPSA) is 15.3 Å². The fraction of sp³-hybridized carbons (Fsp3) is 0.500. The minimum absolute atomic E-state index is 0.0275. The minimum Gasteiger partial charge on any atom is -0.313 e. The first-order valence-electron chi connectivity index (χ1n) is 5.31. The Morgan fingerprint density at radius 1 is 1.44 bits per heavy atom. The Balaban J connectivity index is 2.78. The molecule has 0 aliphatic carbocycles. The van der Waals surface area contributed by atoms with Crippen molar-refractivity contribution in [2.45, 2.75) is 12.5 Å². The van der Waals surface area contributed by atoms with Crippen molar-refractivity contribution in [1.29, 1.82) is 0 Å². The van der Waals surface area contributed by atoms with Crippen LogP contribution in [0.4, 0.5) is 4.39 Å². The van der Waals surface area contributed by atoms with Crippen molar-refractivity contribution in [3.8, 4) is 0 Å². The molecule has 1 aromatic rings. The van der Waals surface area contributed by atoms with Gasteiger partial charge in [0, 0.05) is 16.6 Å². The lowest BCUT2D eigenvalue weighted by molar-refractivity contribution is 0.364. The van der Waals surface area contributed by atoms with Gasteiger partial charge in [-0.05, 0) is 46.2 Å². The standard InChI is InChI=1S/C12H18ClFN2/c1-15-12(6-7-16(2)3)10-5-4-9(13)8-11(10)14/h4-5,8,12,15H,6-7H2,1-3H3. The quantitative estimate of drug-likeness (QED) is 0.857. The number of nitrogens with one attached hydrogen (secondary N) is 1. The maximum atomic E-state index is 13.7. The zero-order chi connectivity index (χ0) is 12.1. The number of hydrogen-bond donors (Lipinski definition) is 1. The zero-order valence-corrected chi connectivity index (χ0v) is 10.7. The van der Waals surface area contributed by atoms with E-state index in [1.807, 2.05) is 21.1 Å². The largest absolute Gasteiger partial charge is 0.313 e. The van der Waals surface area contributed by atoms with E-state index in [9.17, 15) is 4.39 Å². The molecule has 1 atom stereocenters. The van der Waals surface area contributed by atoms with E-state index in [4.69, 9.17) is 11.6 Å². The highest BCUT2D eigenvalue weighted by atomic mass is 35.5. The van der Waals surface area contributed by atoms with E-state index in [2.05, 4.69) is 10.2 Å². The number of rotatable bonds is 5. The van der Waals surface area contributed by atoms with Crippen LogP contribution in [0.25, 0.3) is 0 Å². The lowest BCUT2D eigenvalue weighted by atomic mass is 10.0. The molecule has 2 nitrogen and oxygen atoms in total. The van der Waals surface area contributed by atoms with E-state index in [1.165, 1.54) is 6.07 Å². The van der Waals surface area contributed by atoms with Crippen molar-refractivity contribution in [2.75, 3.05) is 27.7 Å². The molecule has 0 radical (unpaired) electrons. The molecule has 0 bridgehead atoms. The van der Waals surface area contributed by atoms with Gasteiger partial charge in [0.1, 0.15) is 5.82 Å². The SMILES string of the molecule is CNC(CCN(C)C)c1ccc(Cl)cc1F. The minimum atomic E-state index is -0.245. The summed E-state index contributed by atoms with van der Waals surface area (Å²) in [6.07, 6.45) is 0.863. The van der Waals surface area contributed by atoms with E-state index in [0.29, 0.717) is 10.6 Å². The lowest BCUT2D eigenvalue weighted by Crippen LogP contribution is -2.23. The molecule has 16 heavy (non-hydrogen) atoms. The van der Waals surface area contributed by atoms with Gasteiger partial charge in [0.25, 0.3) is 0 Å². The van der Waals surface area contributed by atoms with Crippen LogP contribution in [-0.2, 0) is 0 Å². The predicted molar refractivity (Wildman–Crippen MR) is 66.4 cm³/mol. The third-order valence-corrected chi connectivity index (χ3v) is 2.79. The van der Waals surface area contributed by atoms with Crippen LogP contribution >= 0.6 is 11.6 Å². The van der Waals surface area contributed by atoms with E-state index < -0.39 is 0 Å². The van der Waals surface area contributed by atoms with Crippen LogP contribution in [0.3, 0.4) is 0 Å². The Morgan fingerprint density at radius 2 is 2.12 bits per heavy atom. The van der Waals surface area contributed by atoms with E-state index in [1.54, 1.807) is 12.1 Å². The first-order valence-corrected chi connectivity index (χ1v) is 5.69. The average Bonchev–Trinajstić information content (AvgIpc) is 2.21. The second-order valence-electron chi connectivity index (χ2n) is 4.10. The molecule has 0 aromatic heterocycles. The Bertz CT molecular complexity index is 342. The Labute approximate surface area is 101 Å². The predicted octanol–water partition coefficient (Wildman–Crippen LogP) is 2.69.